The van der Waals surface area contributed by atoms with Gasteiger partial charge in [0.25, 0.3) is 0 Å². The first-order valence-electron chi connectivity index (χ1n) is 13.4. The predicted molar refractivity (Wildman–Crippen MR) is 181 cm³/mol. The fourth-order valence-corrected chi connectivity index (χ4v) is 10.2. The van der Waals surface area contributed by atoms with Gasteiger partial charge in [0.2, 0.25) is 0 Å². The number of thiophene rings is 1. The molecule has 0 aliphatic carbocycles. The number of aliphatic imine (C=N–C) groups is 1. The molecule has 0 N–H and O–H groups in total. The van der Waals surface area contributed by atoms with Crippen molar-refractivity contribution in [2.45, 2.75) is 0 Å². The van der Waals surface area contributed by atoms with Gasteiger partial charge >= 0.3 is 0 Å². The summed E-state index contributed by atoms with van der Waals surface area (Å²) in [6, 6.07) is 46.2. The second-order valence-electron chi connectivity index (χ2n) is 10.1. The van der Waals surface area contributed by atoms with E-state index in [9.17, 15) is 0 Å². The van der Waals surface area contributed by atoms with Gasteiger partial charge in [0, 0.05) is 55.7 Å². The van der Waals surface area contributed by atoms with Crippen LogP contribution in [0.4, 0.5) is 0 Å². The van der Waals surface area contributed by atoms with Crippen LogP contribution in [0.15, 0.2) is 132 Å². The number of para-hydroxylation sites is 1. The van der Waals surface area contributed by atoms with E-state index in [0.717, 1.165) is 11.3 Å². The quantitative estimate of drug-likeness (QED) is 0.159. The van der Waals surface area contributed by atoms with Crippen LogP contribution in [0, 0.1) is 3.15 Å². The van der Waals surface area contributed by atoms with Crippen LogP contribution in [-0.4, -0.2) is 8.41 Å². The third-order valence-corrected chi connectivity index (χ3v) is 11.8. The Labute approximate surface area is 243 Å². The van der Waals surface area contributed by atoms with Crippen LogP contribution < -0.4 is 5.22 Å². The minimum atomic E-state index is -0.522. The maximum absolute atomic E-state index is 5.52. The van der Waals surface area contributed by atoms with Crippen molar-refractivity contribution in [3.8, 4) is 0 Å². The molecule has 0 saturated heterocycles. The number of fused-ring (bicyclic) bond motifs is 11. The normalized spacial score (nSPS) is 13.5. The van der Waals surface area contributed by atoms with E-state index in [1.807, 2.05) is 11.3 Å². The summed E-state index contributed by atoms with van der Waals surface area (Å²) in [4.78, 5) is 5.52. The van der Waals surface area contributed by atoms with Gasteiger partial charge < -0.3 is 0 Å². The second kappa shape index (κ2) is 8.68. The van der Waals surface area contributed by atoms with Crippen LogP contribution in [0.3, 0.4) is 0 Å². The van der Waals surface area contributed by atoms with Crippen molar-refractivity contribution in [2.24, 2.45) is 4.99 Å². The Morgan fingerprint density at radius 1 is 0.575 bits per heavy atom. The van der Waals surface area contributed by atoms with Crippen molar-refractivity contribution < 1.29 is 0 Å². The zero-order valence-electron chi connectivity index (χ0n) is 21.3. The third-order valence-electron chi connectivity index (χ3n) is 7.90. The highest BCUT2D eigenvalue weighted by molar-refractivity contribution is 14.2. The fourth-order valence-electron chi connectivity index (χ4n) is 6.22. The van der Waals surface area contributed by atoms with E-state index < -0.39 is 20.7 Å². The summed E-state index contributed by atoms with van der Waals surface area (Å²) >= 11 is 1.39. The first-order valence-corrected chi connectivity index (χ1v) is 16.3. The van der Waals surface area contributed by atoms with E-state index in [2.05, 4.69) is 132 Å². The Kier molecular flexibility index (Phi) is 4.92. The van der Waals surface area contributed by atoms with E-state index in [0.29, 0.717) is 0 Å². The lowest BCUT2D eigenvalue weighted by Gasteiger charge is -2.14. The van der Waals surface area contributed by atoms with Crippen LogP contribution in [0.2, 0.25) is 0 Å². The van der Waals surface area contributed by atoms with Crippen molar-refractivity contribution in [1.82, 2.24) is 4.57 Å². The molecule has 2 nitrogen and oxygen atoms in total. The van der Waals surface area contributed by atoms with Crippen LogP contribution >= 0.6 is 32.1 Å². The lowest BCUT2D eigenvalue weighted by atomic mass is 10.00. The number of aromatic nitrogens is 1. The largest absolute Gasteiger partial charge is 0.288 e. The summed E-state index contributed by atoms with van der Waals surface area (Å²) in [5.74, 6) is 0. The monoisotopic (exact) mass is 640 g/mol. The molecule has 9 rings (SSSR count). The number of rotatable bonds is 1. The number of benzene rings is 6. The summed E-state index contributed by atoms with van der Waals surface area (Å²) in [5, 5.41) is 9.21. The predicted octanol–water partition coefficient (Wildman–Crippen LogP) is 9.61. The minimum absolute atomic E-state index is 0.522. The molecule has 4 heteroatoms. The summed E-state index contributed by atoms with van der Waals surface area (Å²) in [7, 11) is 0. The molecule has 0 fully saturated rings. The summed E-state index contributed by atoms with van der Waals surface area (Å²) < 4.78 is 7.80. The molecule has 6 aromatic carbocycles. The summed E-state index contributed by atoms with van der Waals surface area (Å²) in [6.07, 6.45) is 0. The van der Waals surface area contributed by atoms with Gasteiger partial charge in [-0.1, -0.05) is 109 Å². The molecule has 2 aromatic heterocycles. The summed E-state index contributed by atoms with van der Waals surface area (Å²) in [6.45, 7) is 0. The van der Waals surface area contributed by atoms with Gasteiger partial charge in [-0.3, -0.25) is 4.57 Å². The minimum Gasteiger partial charge on any atom is -0.288 e. The van der Waals surface area contributed by atoms with Crippen molar-refractivity contribution in [2.75, 3.05) is 0 Å². The molecule has 188 valence electrons. The van der Waals surface area contributed by atoms with Gasteiger partial charge in [0.1, 0.15) is 0 Å². The number of nitrogens with zero attached hydrogens (tertiary/aromatic N) is 2. The van der Waals surface area contributed by atoms with E-state index in [4.69, 9.17) is 4.99 Å². The Hall–Kier alpha value is -4.13. The van der Waals surface area contributed by atoms with Crippen LogP contribution in [0.25, 0.3) is 58.4 Å². The van der Waals surface area contributed by atoms with Gasteiger partial charge in [-0.2, -0.15) is 0 Å². The summed E-state index contributed by atoms with van der Waals surface area (Å²) in [5.41, 5.74) is 4.73. The highest BCUT2D eigenvalue weighted by Gasteiger charge is 2.23. The molecule has 0 amide bonds. The van der Waals surface area contributed by atoms with Crippen molar-refractivity contribution in [1.29, 1.82) is 0 Å². The molecule has 0 atom stereocenters. The zero-order valence-corrected chi connectivity index (χ0v) is 24.3. The highest BCUT2D eigenvalue weighted by atomic mass is 127. The van der Waals surface area contributed by atoms with Crippen LogP contribution in [-0.2, 0) is 0 Å². The van der Waals surface area contributed by atoms with E-state index in [1.165, 1.54) is 65.0 Å². The average Bonchev–Trinajstić information content (AvgIpc) is 3.58. The lowest BCUT2D eigenvalue weighted by Crippen LogP contribution is -2.15. The Bertz CT molecular complexity index is 2480. The second-order valence-corrected chi connectivity index (χ2v) is 13.8. The van der Waals surface area contributed by atoms with Gasteiger partial charge in [-0.15, -0.1) is 11.3 Å². The molecular formula is C36H21IN2S. The van der Waals surface area contributed by atoms with Crippen molar-refractivity contribution >= 4 is 94.4 Å². The van der Waals surface area contributed by atoms with Gasteiger partial charge in [-0.05, 0) is 38.9 Å². The first-order chi connectivity index (χ1) is 19.9. The molecule has 0 unspecified atom stereocenters. The van der Waals surface area contributed by atoms with Crippen LogP contribution in [0.1, 0.15) is 5.56 Å². The van der Waals surface area contributed by atoms with E-state index in [-0.39, 0.29) is 0 Å². The molecule has 1 aliphatic rings. The molecule has 0 spiro atoms. The maximum atomic E-state index is 5.52. The zero-order chi connectivity index (χ0) is 26.2. The molecule has 0 bridgehead atoms. The molecule has 1 aliphatic heterocycles. The topological polar surface area (TPSA) is 17.3 Å². The average molecular weight is 641 g/mol. The Balaban J connectivity index is 1.52. The first kappa shape index (κ1) is 22.7. The van der Waals surface area contributed by atoms with E-state index >= 15 is 0 Å². The number of hydrogen-bond donors (Lipinski definition) is 0. The molecule has 0 radical (unpaired) electrons. The molecule has 8 aromatic rings. The maximum Gasteiger partial charge on any atom is 0.171 e. The third kappa shape index (κ3) is 3.14. The van der Waals surface area contributed by atoms with Gasteiger partial charge in [-0.25, -0.2) is 4.99 Å². The van der Waals surface area contributed by atoms with Crippen molar-refractivity contribution in [3.05, 3.63) is 141 Å². The van der Waals surface area contributed by atoms with Crippen molar-refractivity contribution in [3.63, 3.8) is 0 Å². The molecule has 40 heavy (non-hydrogen) atoms. The van der Waals surface area contributed by atoms with Crippen LogP contribution in [0.5, 0.6) is 0 Å². The molecule has 0 saturated carbocycles. The smallest absolute Gasteiger partial charge is 0.171 e. The number of halogens is 1. The van der Waals surface area contributed by atoms with Gasteiger partial charge in [0.15, 0.2) is 3.84 Å². The highest BCUT2D eigenvalue weighted by Crippen LogP contribution is 2.47. The molecule has 3 heterocycles. The Morgan fingerprint density at radius 2 is 1.25 bits per heavy atom. The van der Waals surface area contributed by atoms with Gasteiger partial charge in [0.05, 0.1) is 16.7 Å². The van der Waals surface area contributed by atoms with E-state index in [1.54, 1.807) is 0 Å². The number of hydrogen-bond acceptors (Lipinski definition) is 2. The fraction of sp³-hybridized carbons (Fsp3) is 0. The SMILES string of the molecule is c1ccc(C2=c3ccccc3=IC(n3c4ccccc4c4c5c6ccccc6sc5c5ccccc5c43)=N2)cc1. The Morgan fingerprint density at radius 3 is 2.12 bits per heavy atom. The lowest BCUT2D eigenvalue weighted by molar-refractivity contribution is 1.30. The molecular weight excluding hydrogens is 619 g/mol. The standard InChI is InChI=1S/C36H21IN2S/c1-2-12-22(13-3-1)33-25-16-6-9-19-28(25)37-36(38-33)39-29-20-10-7-17-26(29)31-32-27-18-8-11-21-30(27)40-35(32)24-15-5-4-14-23(24)34(31)39/h1-21H.